The van der Waals surface area contributed by atoms with Gasteiger partial charge >= 0.3 is 5.97 Å². The molecule has 2 aromatic rings. The SMILES string of the molecule is CCCCn1ncc2c(Cl)c(C(=O)OC)cnc21. The minimum atomic E-state index is -0.490. The molecular formula is C12H14ClN3O2. The molecule has 0 amide bonds. The molecule has 0 fully saturated rings. The van der Waals surface area contributed by atoms with Crippen molar-refractivity contribution in [1.82, 2.24) is 14.8 Å². The van der Waals surface area contributed by atoms with Gasteiger partial charge in [0.2, 0.25) is 0 Å². The number of fused-ring (bicyclic) bond motifs is 1. The van der Waals surface area contributed by atoms with Crippen LogP contribution in [0.2, 0.25) is 5.02 Å². The molecule has 0 aliphatic carbocycles. The van der Waals surface area contributed by atoms with Crippen molar-refractivity contribution in [2.75, 3.05) is 7.11 Å². The molecule has 6 heteroatoms. The number of nitrogens with zero attached hydrogens (tertiary/aromatic N) is 3. The molecule has 0 aliphatic heterocycles. The molecule has 0 spiro atoms. The monoisotopic (exact) mass is 267 g/mol. The average molecular weight is 268 g/mol. The highest BCUT2D eigenvalue weighted by Crippen LogP contribution is 2.26. The van der Waals surface area contributed by atoms with Gasteiger partial charge in [0.15, 0.2) is 5.65 Å². The molecular weight excluding hydrogens is 254 g/mol. The van der Waals surface area contributed by atoms with Crippen LogP contribution in [0.4, 0.5) is 0 Å². The van der Waals surface area contributed by atoms with Gasteiger partial charge in [0.25, 0.3) is 0 Å². The van der Waals surface area contributed by atoms with Crippen LogP contribution < -0.4 is 0 Å². The van der Waals surface area contributed by atoms with Crippen LogP contribution in [0.5, 0.6) is 0 Å². The molecule has 2 rings (SSSR count). The van der Waals surface area contributed by atoms with Crippen molar-refractivity contribution in [3.05, 3.63) is 23.0 Å². The van der Waals surface area contributed by atoms with Crippen molar-refractivity contribution in [2.45, 2.75) is 26.3 Å². The number of hydrogen-bond acceptors (Lipinski definition) is 4. The number of unbranched alkanes of at least 4 members (excludes halogenated alkanes) is 1. The lowest BCUT2D eigenvalue weighted by Gasteiger charge is -2.04. The van der Waals surface area contributed by atoms with Crippen LogP contribution in [0, 0.1) is 0 Å². The van der Waals surface area contributed by atoms with Crippen molar-refractivity contribution < 1.29 is 9.53 Å². The summed E-state index contributed by atoms with van der Waals surface area (Å²) in [5.74, 6) is -0.490. The number of esters is 1. The van der Waals surface area contributed by atoms with E-state index in [9.17, 15) is 4.79 Å². The highest BCUT2D eigenvalue weighted by atomic mass is 35.5. The number of carbonyl (C=O) groups is 1. The first-order valence-corrected chi connectivity index (χ1v) is 6.15. The van der Waals surface area contributed by atoms with Crippen molar-refractivity contribution >= 4 is 28.6 Å². The number of hydrogen-bond donors (Lipinski definition) is 0. The molecule has 0 aromatic carbocycles. The number of methoxy groups -OCH3 is 1. The molecule has 0 saturated carbocycles. The lowest BCUT2D eigenvalue weighted by molar-refractivity contribution is 0.0600. The van der Waals surface area contributed by atoms with E-state index in [0.29, 0.717) is 16.1 Å². The molecule has 0 unspecified atom stereocenters. The Morgan fingerprint density at radius 2 is 2.28 bits per heavy atom. The van der Waals surface area contributed by atoms with Crippen molar-refractivity contribution in [1.29, 1.82) is 0 Å². The molecule has 0 radical (unpaired) electrons. The second kappa shape index (κ2) is 5.35. The number of halogens is 1. The zero-order chi connectivity index (χ0) is 13.1. The van der Waals surface area contributed by atoms with Crippen molar-refractivity contribution in [3.63, 3.8) is 0 Å². The predicted octanol–water partition coefficient (Wildman–Crippen LogP) is 2.67. The standard InChI is InChI=1S/C12H14ClN3O2/c1-3-4-5-16-11-8(7-15-16)10(13)9(6-14-11)12(17)18-2/h6-7H,3-5H2,1-2H3. The van der Waals surface area contributed by atoms with E-state index >= 15 is 0 Å². The second-order valence-corrected chi connectivity index (χ2v) is 4.31. The molecule has 0 saturated heterocycles. The van der Waals surface area contributed by atoms with Gasteiger partial charge in [-0.3, -0.25) is 0 Å². The third-order valence-electron chi connectivity index (χ3n) is 2.73. The quantitative estimate of drug-likeness (QED) is 0.799. The van der Waals surface area contributed by atoms with E-state index in [2.05, 4.69) is 21.7 Å². The largest absolute Gasteiger partial charge is 0.465 e. The molecule has 0 atom stereocenters. The molecule has 96 valence electrons. The van der Waals surface area contributed by atoms with E-state index in [0.717, 1.165) is 19.4 Å². The zero-order valence-electron chi connectivity index (χ0n) is 10.3. The average Bonchev–Trinajstić information content (AvgIpc) is 2.80. The van der Waals surface area contributed by atoms with E-state index < -0.39 is 5.97 Å². The number of ether oxygens (including phenoxy) is 1. The maximum absolute atomic E-state index is 11.5. The summed E-state index contributed by atoms with van der Waals surface area (Å²) in [6.07, 6.45) is 5.16. The first-order chi connectivity index (χ1) is 8.69. The van der Waals surface area contributed by atoms with Gasteiger partial charge in [-0.05, 0) is 6.42 Å². The van der Waals surface area contributed by atoms with Gasteiger partial charge < -0.3 is 4.74 Å². The summed E-state index contributed by atoms with van der Waals surface area (Å²) in [5, 5.41) is 5.26. The summed E-state index contributed by atoms with van der Waals surface area (Å²) in [6.45, 7) is 2.91. The van der Waals surface area contributed by atoms with Crippen LogP contribution in [-0.2, 0) is 11.3 Å². The van der Waals surface area contributed by atoms with Crippen LogP contribution >= 0.6 is 11.6 Å². The second-order valence-electron chi connectivity index (χ2n) is 3.94. The Kier molecular flexibility index (Phi) is 3.81. The van der Waals surface area contributed by atoms with Gasteiger partial charge in [-0.1, -0.05) is 24.9 Å². The molecule has 0 N–H and O–H groups in total. The number of carbonyl (C=O) groups excluding carboxylic acids is 1. The Hall–Kier alpha value is -1.62. The fourth-order valence-electron chi connectivity index (χ4n) is 1.72. The minimum absolute atomic E-state index is 0.265. The maximum atomic E-state index is 11.5. The Morgan fingerprint density at radius 3 is 2.94 bits per heavy atom. The summed E-state index contributed by atoms with van der Waals surface area (Å²) < 4.78 is 6.44. The van der Waals surface area contributed by atoms with Gasteiger partial charge in [0, 0.05) is 12.7 Å². The number of pyridine rings is 1. The van der Waals surface area contributed by atoms with E-state index in [1.807, 2.05) is 0 Å². The van der Waals surface area contributed by atoms with Crippen LogP contribution in [0.3, 0.4) is 0 Å². The minimum Gasteiger partial charge on any atom is -0.465 e. The Bertz CT molecular complexity index is 580. The molecule has 5 nitrogen and oxygen atoms in total. The molecule has 2 aromatic heterocycles. The smallest absolute Gasteiger partial charge is 0.340 e. The van der Waals surface area contributed by atoms with Gasteiger partial charge in [-0.2, -0.15) is 5.10 Å². The van der Waals surface area contributed by atoms with Crippen LogP contribution in [-0.4, -0.2) is 27.8 Å². The topological polar surface area (TPSA) is 57.0 Å². The van der Waals surface area contributed by atoms with Gasteiger partial charge in [0.1, 0.15) is 0 Å². The molecule has 0 aliphatic rings. The summed E-state index contributed by atoms with van der Waals surface area (Å²) in [4.78, 5) is 15.7. The normalized spacial score (nSPS) is 10.8. The molecule has 18 heavy (non-hydrogen) atoms. The third-order valence-corrected chi connectivity index (χ3v) is 3.14. The fraction of sp³-hybridized carbons (Fsp3) is 0.417. The fourth-order valence-corrected chi connectivity index (χ4v) is 1.98. The van der Waals surface area contributed by atoms with Crippen molar-refractivity contribution in [2.24, 2.45) is 0 Å². The Labute approximate surface area is 110 Å². The first kappa shape index (κ1) is 12.8. The van der Waals surface area contributed by atoms with E-state index in [1.165, 1.54) is 13.3 Å². The van der Waals surface area contributed by atoms with Crippen LogP contribution in [0.25, 0.3) is 11.0 Å². The predicted molar refractivity (Wildman–Crippen MR) is 68.8 cm³/mol. The van der Waals surface area contributed by atoms with Crippen molar-refractivity contribution in [3.8, 4) is 0 Å². The zero-order valence-corrected chi connectivity index (χ0v) is 11.1. The van der Waals surface area contributed by atoms with E-state index in [4.69, 9.17) is 11.6 Å². The summed E-state index contributed by atoms with van der Waals surface area (Å²) in [6, 6.07) is 0. The highest BCUT2D eigenvalue weighted by molar-refractivity contribution is 6.38. The summed E-state index contributed by atoms with van der Waals surface area (Å²) in [7, 11) is 1.31. The maximum Gasteiger partial charge on any atom is 0.340 e. The van der Waals surface area contributed by atoms with Crippen LogP contribution in [0.1, 0.15) is 30.1 Å². The van der Waals surface area contributed by atoms with Gasteiger partial charge in [-0.15, -0.1) is 0 Å². The third kappa shape index (κ3) is 2.18. The number of rotatable bonds is 4. The van der Waals surface area contributed by atoms with E-state index in [-0.39, 0.29) is 5.56 Å². The van der Waals surface area contributed by atoms with E-state index in [1.54, 1.807) is 10.9 Å². The number of aryl methyl sites for hydroxylation is 1. The molecule has 0 bridgehead atoms. The first-order valence-electron chi connectivity index (χ1n) is 5.77. The lowest BCUT2D eigenvalue weighted by atomic mass is 10.2. The van der Waals surface area contributed by atoms with Crippen LogP contribution in [0.15, 0.2) is 12.4 Å². The Balaban J connectivity index is 2.47. The Morgan fingerprint density at radius 1 is 1.50 bits per heavy atom. The summed E-state index contributed by atoms with van der Waals surface area (Å²) >= 11 is 6.17. The van der Waals surface area contributed by atoms with Gasteiger partial charge in [-0.25, -0.2) is 14.5 Å². The highest BCUT2D eigenvalue weighted by Gasteiger charge is 2.16. The number of aromatic nitrogens is 3. The van der Waals surface area contributed by atoms with Gasteiger partial charge in [0.05, 0.1) is 29.3 Å². The lowest BCUT2D eigenvalue weighted by Crippen LogP contribution is -2.05. The summed E-state index contributed by atoms with van der Waals surface area (Å²) in [5.41, 5.74) is 0.961. The molecule has 2 heterocycles.